The first-order chi connectivity index (χ1) is 13.3. The summed E-state index contributed by atoms with van der Waals surface area (Å²) < 4.78 is 0. The Hall–Kier alpha value is -1.77. The summed E-state index contributed by atoms with van der Waals surface area (Å²) in [6, 6.07) is 8.60. The second-order valence-electron chi connectivity index (χ2n) is 7.01. The molecule has 0 spiro atoms. The third kappa shape index (κ3) is 6.68. The Balaban J connectivity index is 0.00000280. The van der Waals surface area contributed by atoms with E-state index in [0.717, 1.165) is 58.1 Å². The van der Waals surface area contributed by atoms with Crippen molar-refractivity contribution in [1.29, 1.82) is 0 Å². The molecular formula is C21H32IN5O. The molecule has 2 N–H and O–H groups in total. The van der Waals surface area contributed by atoms with E-state index in [1.165, 1.54) is 11.3 Å². The minimum atomic E-state index is 0. The highest BCUT2D eigenvalue weighted by molar-refractivity contribution is 14.0. The van der Waals surface area contributed by atoms with Gasteiger partial charge in [-0.25, -0.2) is 4.99 Å². The molecule has 1 aromatic rings. The molecule has 0 aromatic heterocycles. The van der Waals surface area contributed by atoms with Gasteiger partial charge in [0.15, 0.2) is 5.96 Å². The van der Waals surface area contributed by atoms with Crippen molar-refractivity contribution in [2.75, 3.05) is 44.2 Å². The first-order valence-electron chi connectivity index (χ1n) is 10.0. The number of amides is 1. The number of hydrogen-bond acceptors (Lipinski definition) is 3. The Morgan fingerprint density at radius 3 is 2.75 bits per heavy atom. The summed E-state index contributed by atoms with van der Waals surface area (Å²) in [6.07, 6.45) is 7.06. The topological polar surface area (TPSA) is 60.0 Å². The van der Waals surface area contributed by atoms with Crippen molar-refractivity contribution in [3.63, 3.8) is 0 Å². The number of rotatable bonds is 8. The van der Waals surface area contributed by atoms with Gasteiger partial charge in [-0.05, 0) is 37.5 Å². The molecule has 2 aliphatic heterocycles. The molecule has 3 rings (SSSR count). The van der Waals surface area contributed by atoms with Crippen molar-refractivity contribution in [3.05, 3.63) is 42.0 Å². The number of halogens is 1. The highest BCUT2D eigenvalue weighted by Crippen LogP contribution is 2.18. The Morgan fingerprint density at radius 1 is 1.21 bits per heavy atom. The van der Waals surface area contributed by atoms with Crippen LogP contribution in [0, 0.1) is 0 Å². The molecule has 0 atom stereocenters. The minimum absolute atomic E-state index is 0. The number of likely N-dealkylation sites (tertiary alicyclic amines) is 1. The number of guanidine groups is 1. The molecule has 1 amide bonds. The van der Waals surface area contributed by atoms with Crippen LogP contribution in [0.15, 0.2) is 41.4 Å². The molecule has 0 aliphatic carbocycles. The molecule has 2 aliphatic rings. The predicted octanol–water partition coefficient (Wildman–Crippen LogP) is 2.75. The summed E-state index contributed by atoms with van der Waals surface area (Å²) >= 11 is 0. The lowest BCUT2D eigenvalue weighted by Gasteiger charge is -2.18. The third-order valence-electron chi connectivity index (χ3n) is 4.93. The van der Waals surface area contributed by atoms with Gasteiger partial charge in [0.1, 0.15) is 0 Å². The number of carbonyl (C=O) groups excluding carboxylic acids is 1. The van der Waals surface area contributed by atoms with Crippen molar-refractivity contribution >= 4 is 41.5 Å². The molecule has 1 aromatic carbocycles. The quantitative estimate of drug-likeness (QED) is 0.191. The van der Waals surface area contributed by atoms with Crippen LogP contribution in [0.3, 0.4) is 0 Å². The Morgan fingerprint density at radius 2 is 2.04 bits per heavy atom. The standard InChI is InChI=1S/C21H31N5O.HI/c1-2-22-21(23-11-7-15-26-14-6-10-20(26)27)24-17-18-8-5-9-19(16-18)25-12-3-4-13-25;/h3-5,8-9,16H,2,6-7,10-15,17H2,1H3,(H2,22,23,24);1H. The van der Waals surface area contributed by atoms with Gasteiger partial charge in [0.25, 0.3) is 0 Å². The van der Waals surface area contributed by atoms with Crippen LogP contribution < -0.4 is 15.5 Å². The maximum absolute atomic E-state index is 11.6. The highest BCUT2D eigenvalue weighted by Gasteiger charge is 2.18. The van der Waals surface area contributed by atoms with E-state index in [9.17, 15) is 4.79 Å². The third-order valence-corrected chi connectivity index (χ3v) is 4.93. The SMILES string of the molecule is CCNC(=NCc1cccc(N2CC=CC2)c1)NCCCN1CCCC1=O.I. The largest absolute Gasteiger partial charge is 0.364 e. The fourth-order valence-electron chi connectivity index (χ4n) is 3.47. The predicted molar refractivity (Wildman–Crippen MR) is 126 cm³/mol. The van der Waals surface area contributed by atoms with E-state index >= 15 is 0 Å². The van der Waals surface area contributed by atoms with E-state index in [4.69, 9.17) is 4.99 Å². The molecule has 6 nitrogen and oxygen atoms in total. The molecule has 28 heavy (non-hydrogen) atoms. The number of hydrogen-bond donors (Lipinski definition) is 2. The lowest BCUT2D eigenvalue weighted by atomic mass is 10.2. The smallest absolute Gasteiger partial charge is 0.222 e. The molecule has 7 heteroatoms. The number of aliphatic imine (C=N–C) groups is 1. The Labute approximate surface area is 185 Å². The van der Waals surface area contributed by atoms with E-state index in [1.807, 2.05) is 4.90 Å². The summed E-state index contributed by atoms with van der Waals surface area (Å²) in [5.41, 5.74) is 2.46. The zero-order chi connectivity index (χ0) is 18.9. The first-order valence-corrected chi connectivity index (χ1v) is 10.0. The first kappa shape index (κ1) is 22.5. The highest BCUT2D eigenvalue weighted by atomic mass is 127. The van der Waals surface area contributed by atoms with Crippen molar-refractivity contribution in [3.8, 4) is 0 Å². The molecule has 0 radical (unpaired) electrons. The summed E-state index contributed by atoms with van der Waals surface area (Å²) in [5, 5.41) is 6.68. The van der Waals surface area contributed by atoms with Gasteiger partial charge in [-0.15, -0.1) is 24.0 Å². The Kier molecular flexibility index (Phi) is 9.60. The van der Waals surface area contributed by atoms with Gasteiger partial charge in [-0.2, -0.15) is 0 Å². The second-order valence-corrected chi connectivity index (χ2v) is 7.01. The average Bonchev–Trinajstić information content (AvgIpc) is 3.35. The van der Waals surface area contributed by atoms with Gasteiger partial charge in [0.2, 0.25) is 5.91 Å². The number of nitrogens with zero attached hydrogens (tertiary/aromatic N) is 3. The lowest BCUT2D eigenvalue weighted by molar-refractivity contribution is -0.127. The van der Waals surface area contributed by atoms with E-state index in [-0.39, 0.29) is 24.0 Å². The van der Waals surface area contributed by atoms with Gasteiger partial charge >= 0.3 is 0 Å². The maximum Gasteiger partial charge on any atom is 0.222 e. The van der Waals surface area contributed by atoms with E-state index in [0.29, 0.717) is 18.9 Å². The van der Waals surface area contributed by atoms with Gasteiger partial charge < -0.3 is 20.4 Å². The molecule has 0 bridgehead atoms. The fourth-order valence-corrected chi connectivity index (χ4v) is 3.47. The summed E-state index contributed by atoms with van der Waals surface area (Å²) in [6.45, 7) is 8.07. The van der Waals surface area contributed by atoms with E-state index in [1.54, 1.807) is 0 Å². The van der Waals surface area contributed by atoms with Crippen LogP contribution in [-0.4, -0.2) is 56.0 Å². The molecular weight excluding hydrogens is 465 g/mol. The minimum Gasteiger partial charge on any atom is -0.364 e. The second kappa shape index (κ2) is 11.9. The number of anilines is 1. The molecule has 0 saturated carbocycles. The normalized spacial score (nSPS) is 16.5. The molecule has 1 fully saturated rings. The van der Waals surface area contributed by atoms with Gasteiger partial charge in [0.05, 0.1) is 6.54 Å². The monoisotopic (exact) mass is 497 g/mol. The number of benzene rings is 1. The molecule has 1 saturated heterocycles. The number of nitrogens with one attached hydrogen (secondary N) is 2. The average molecular weight is 497 g/mol. The summed E-state index contributed by atoms with van der Waals surface area (Å²) in [7, 11) is 0. The van der Waals surface area contributed by atoms with Crippen LogP contribution in [-0.2, 0) is 11.3 Å². The van der Waals surface area contributed by atoms with Crippen LogP contribution >= 0.6 is 24.0 Å². The molecule has 0 unspecified atom stereocenters. The van der Waals surface area contributed by atoms with Crippen LogP contribution in [0.2, 0.25) is 0 Å². The zero-order valence-corrected chi connectivity index (χ0v) is 19.0. The zero-order valence-electron chi connectivity index (χ0n) is 16.7. The van der Waals surface area contributed by atoms with Crippen LogP contribution in [0.4, 0.5) is 5.69 Å². The van der Waals surface area contributed by atoms with Gasteiger partial charge in [0, 0.05) is 51.4 Å². The number of carbonyl (C=O) groups is 1. The van der Waals surface area contributed by atoms with E-state index in [2.05, 4.69) is 58.9 Å². The van der Waals surface area contributed by atoms with Crippen LogP contribution in [0.1, 0.15) is 31.7 Å². The van der Waals surface area contributed by atoms with Crippen LogP contribution in [0.5, 0.6) is 0 Å². The Bertz CT molecular complexity index is 683. The van der Waals surface area contributed by atoms with Crippen molar-refractivity contribution in [2.45, 2.75) is 32.7 Å². The summed E-state index contributed by atoms with van der Waals surface area (Å²) in [5.74, 6) is 1.13. The van der Waals surface area contributed by atoms with Crippen molar-refractivity contribution in [2.24, 2.45) is 4.99 Å². The van der Waals surface area contributed by atoms with Gasteiger partial charge in [-0.3, -0.25) is 4.79 Å². The lowest BCUT2D eigenvalue weighted by Crippen LogP contribution is -2.39. The van der Waals surface area contributed by atoms with Gasteiger partial charge in [-0.1, -0.05) is 24.3 Å². The van der Waals surface area contributed by atoms with Crippen LogP contribution in [0.25, 0.3) is 0 Å². The van der Waals surface area contributed by atoms with Crippen molar-refractivity contribution < 1.29 is 4.79 Å². The molecule has 2 heterocycles. The fraction of sp³-hybridized carbons (Fsp3) is 0.524. The maximum atomic E-state index is 11.6. The van der Waals surface area contributed by atoms with E-state index < -0.39 is 0 Å². The molecule has 154 valence electrons. The summed E-state index contributed by atoms with van der Waals surface area (Å²) in [4.78, 5) is 20.7. The van der Waals surface area contributed by atoms with Crippen molar-refractivity contribution in [1.82, 2.24) is 15.5 Å².